The molecule has 4 aromatic rings. The molecule has 0 bridgehead atoms. The Morgan fingerprint density at radius 2 is 1.79 bits per heavy atom. The van der Waals surface area contributed by atoms with Gasteiger partial charge in [-0.3, -0.25) is 14.0 Å². The third-order valence-corrected chi connectivity index (χ3v) is 5.79. The van der Waals surface area contributed by atoms with Crippen molar-refractivity contribution in [1.82, 2.24) is 25.0 Å². The van der Waals surface area contributed by atoms with Gasteiger partial charge < -0.3 is 30.5 Å². The molecule has 0 unspecified atom stereocenters. The summed E-state index contributed by atoms with van der Waals surface area (Å²) in [4.78, 5) is 32.6. The van der Waals surface area contributed by atoms with Crippen molar-refractivity contribution in [2.45, 2.75) is 6.92 Å². The third kappa shape index (κ3) is 6.44. The minimum Gasteiger partial charge on any atom is -0.497 e. The number of ether oxygens (including phenoxy) is 2. The topological polar surface area (TPSA) is 139 Å². The minimum absolute atomic E-state index is 0.205. The number of fused-ring (bicyclic) bond motifs is 1. The minimum atomic E-state index is -0.551. The molecule has 11 heteroatoms. The maximum absolute atomic E-state index is 12.6. The molecule has 4 N–H and O–H groups in total. The number of methoxy groups -OCH3 is 1. The highest BCUT2D eigenvalue weighted by Crippen LogP contribution is 2.27. The Kier molecular flexibility index (Phi) is 8.85. The SMILES string of the molecule is COc1ccc(-c2cnc3c(Nc4ccc(C(=O)NCCOCCNC(=O)CO)c(C)c4)nccn23)cc1. The van der Waals surface area contributed by atoms with E-state index in [1.807, 2.05) is 53.9 Å². The quantitative estimate of drug-likeness (QED) is 0.210. The number of anilines is 2. The number of carbonyl (C=O) groups is 2. The van der Waals surface area contributed by atoms with Crippen LogP contribution in [0.3, 0.4) is 0 Å². The lowest BCUT2D eigenvalue weighted by molar-refractivity contribution is -0.124. The number of hydrogen-bond acceptors (Lipinski definition) is 8. The fourth-order valence-electron chi connectivity index (χ4n) is 3.87. The first-order valence-corrected chi connectivity index (χ1v) is 12.1. The monoisotopic (exact) mass is 518 g/mol. The van der Waals surface area contributed by atoms with Crippen LogP contribution >= 0.6 is 0 Å². The van der Waals surface area contributed by atoms with Gasteiger partial charge in [0.2, 0.25) is 5.91 Å². The van der Waals surface area contributed by atoms with Crippen molar-refractivity contribution in [3.05, 3.63) is 72.2 Å². The molecule has 0 aliphatic rings. The van der Waals surface area contributed by atoms with Crippen LogP contribution in [0.1, 0.15) is 15.9 Å². The summed E-state index contributed by atoms with van der Waals surface area (Å²) < 4.78 is 12.6. The standard InChI is InChI=1S/C27H30N6O5/c1-18-15-20(5-8-22(18)27(36)30-11-14-38-13-10-28-24(35)17-34)32-25-26-31-16-23(33(26)12-9-29-25)19-3-6-21(37-2)7-4-19/h3-9,12,15-16,34H,10-11,13-14,17H2,1-2H3,(H,28,35)(H,29,32)(H,30,36). The van der Waals surface area contributed by atoms with E-state index in [-0.39, 0.29) is 5.91 Å². The van der Waals surface area contributed by atoms with Gasteiger partial charge in [-0.1, -0.05) is 0 Å². The lowest BCUT2D eigenvalue weighted by atomic mass is 10.1. The summed E-state index contributed by atoms with van der Waals surface area (Å²) in [6.45, 7) is 2.54. The zero-order valence-corrected chi connectivity index (χ0v) is 21.2. The van der Waals surface area contributed by atoms with Gasteiger partial charge in [0.05, 0.1) is 32.2 Å². The number of imidazole rings is 1. The number of aliphatic hydroxyl groups is 1. The molecule has 2 aromatic carbocycles. The maximum Gasteiger partial charge on any atom is 0.251 e. The van der Waals surface area contributed by atoms with E-state index < -0.39 is 12.5 Å². The molecule has 198 valence electrons. The van der Waals surface area contributed by atoms with Gasteiger partial charge in [0, 0.05) is 42.3 Å². The number of amides is 2. The van der Waals surface area contributed by atoms with Crippen LogP contribution in [0.5, 0.6) is 5.75 Å². The van der Waals surface area contributed by atoms with Crippen LogP contribution < -0.4 is 20.7 Å². The number of nitrogens with zero attached hydrogens (tertiary/aromatic N) is 3. The number of aromatic nitrogens is 3. The molecule has 0 fully saturated rings. The van der Waals surface area contributed by atoms with Gasteiger partial charge in [-0.15, -0.1) is 0 Å². The van der Waals surface area contributed by atoms with Gasteiger partial charge in [0.25, 0.3) is 5.91 Å². The molecular weight excluding hydrogens is 488 g/mol. The van der Waals surface area contributed by atoms with E-state index in [9.17, 15) is 9.59 Å². The molecule has 38 heavy (non-hydrogen) atoms. The maximum atomic E-state index is 12.6. The molecule has 0 spiro atoms. The van der Waals surface area contributed by atoms with Crippen molar-refractivity contribution >= 4 is 29.0 Å². The van der Waals surface area contributed by atoms with Gasteiger partial charge >= 0.3 is 0 Å². The zero-order chi connectivity index (χ0) is 26.9. The van der Waals surface area contributed by atoms with Crippen molar-refractivity contribution in [3.8, 4) is 17.0 Å². The molecule has 11 nitrogen and oxygen atoms in total. The molecule has 2 amide bonds. The van der Waals surface area contributed by atoms with Crippen LogP contribution in [0.15, 0.2) is 61.1 Å². The highest BCUT2D eigenvalue weighted by molar-refractivity contribution is 5.96. The fourth-order valence-corrected chi connectivity index (χ4v) is 3.87. The van der Waals surface area contributed by atoms with E-state index in [1.165, 1.54) is 0 Å². The number of hydrogen-bond donors (Lipinski definition) is 4. The molecule has 0 saturated heterocycles. The Balaban J connectivity index is 1.36. The van der Waals surface area contributed by atoms with Crippen LogP contribution in [-0.4, -0.2) is 71.3 Å². The first-order chi connectivity index (χ1) is 18.5. The summed E-state index contributed by atoms with van der Waals surface area (Å²) in [6, 6.07) is 13.2. The second-order valence-corrected chi connectivity index (χ2v) is 8.37. The third-order valence-electron chi connectivity index (χ3n) is 5.79. The first kappa shape index (κ1) is 26.6. The van der Waals surface area contributed by atoms with Crippen LogP contribution in [0, 0.1) is 6.92 Å². The molecule has 0 atom stereocenters. The van der Waals surface area contributed by atoms with E-state index in [4.69, 9.17) is 14.6 Å². The summed E-state index contributed by atoms with van der Waals surface area (Å²) in [5.74, 6) is 0.722. The molecule has 0 aliphatic carbocycles. The Morgan fingerprint density at radius 3 is 2.50 bits per heavy atom. The second kappa shape index (κ2) is 12.7. The lowest BCUT2D eigenvalue weighted by Crippen LogP contribution is -2.31. The van der Waals surface area contributed by atoms with Crippen LogP contribution in [0.2, 0.25) is 0 Å². The molecule has 0 saturated carbocycles. The summed E-state index contributed by atoms with van der Waals surface area (Å²) in [5, 5.41) is 17.3. The molecular formula is C27H30N6O5. The van der Waals surface area contributed by atoms with E-state index in [2.05, 4.69) is 25.9 Å². The van der Waals surface area contributed by atoms with Crippen molar-refractivity contribution in [2.24, 2.45) is 0 Å². The van der Waals surface area contributed by atoms with Crippen LogP contribution in [0.4, 0.5) is 11.5 Å². The zero-order valence-electron chi connectivity index (χ0n) is 21.2. The predicted octanol–water partition coefficient (Wildman–Crippen LogP) is 2.31. The predicted molar refractivity (Wildman–Crippen MR) is 143 cm³/mol. The average molecular weight is 519 g/mol. The number of benzene rings is 2. The van der Waals surface area contributed by atoms with Gasteiger partial charge in [-0.2, -0.15) is 0 Å². The summed E-state index contributed by atoms with van der Waals surface area (Å²) in [6.07, 6.45) is 5.37. The molecule has 2 aromatic heterocycles. The van der Waals surface area contributed by atoms with Crippen molar-refractivity contribution in [2.75, 3.05) is 45.3 Å². The van der Waals surface area contributed by atoms with Gasteiger partial charge in [0.1, 0.15) is 12.4 Å². The van der Waals surface area contributed by atoms with E-state index in [1.54, 1.807) is 25.6 Å². The van der Waals surface area contributed by atoms with E-state index >= 15 is 0 Å². The normalized spacial score (nSPS) is 10.8. The van der Waals surface area contributed by atoms with Crippen molar-refractivity contribution < 1.29 is 24.2 Å². The lowest BCUT2D eigenvalue weighted by Gasteiger charge is -2.12. The Labute approximate surface area is 219 Å². The molecule has 0 radical (unpaired) electrons. The largest absolute Gasteiger partial charge is 0.497 e. The fraction of sp³-hybridized carbons (Fsp3) is 0.259. The van der Waals surface area contributed by atoms with Crippen LogP contribution in [-0.2, 0) is 9.53 Å². The van der Waals surface area contributed by atoms with Gasteiger partial charge in [0.15, 0.2) is 11.5 Å². The van der Waals surface area contributed by atoms with Gasteiger partial charge in [-0.05, 0) is 55.0 Å². The number of aliphatic hydroxyl groups excluding tert-OH is 1. The van der Waals surface area contributed by atoms with E-state index in [0.717, 1.165) is 28.3 Å². The molecule has 4 rings (SSSR count). The Morgan fingerprint density at radius 1 is 1.03 bits per heavy atom. The van der Waals surface area contributed by atoms with Crippen molar-refractivity contribution in [3.63, 3.8) is 0 Å². The second-order valence-electron chi connectivity index (χ2n) is 8.37. The van der Waals surface area contributed by atoms with Crippen molar-refractivity contribution in [1.29, 1.82) is 0 Å². The average Bonchev–Trinajstić information content (AvgIpc) is 3.37. The Bertz CT molecular complexity index is 1400. The van der Waals surface area contributed by atoms with Gasteiger partial charge in [-0.25, -0.2) is 9.97 Å². The summed E-state index contributed by atoms with van der Waals surface area (Å²) >= 11 is 0. The molecule has 0 aliphatic heterocycles. The number of nitrogens with one attached hydrogen (secondary N) is 3. The number of aryl methyl sites for hydroxylation is 1. The summed E-state index contributed by atoms with van der Waals surface area (Å²) in [7, 11) is 1.64. The number of rotatable bonds is 12. The summed E-state index contributed by atoms with van der Waals surface area (Å²) in [5.41, 5.74) is 4.74. The first-order valence-electron chi connectivity index (χ1n) is 12.1. The van der Waals surface area contributed by atoms with E-state index in [0.29, 0.717) is 43.3 Å². The molecule has 2 heterocycles. The smallest absolute Gasteiger partial charge is 0.251 e. The van der Waals surface area contributed by atoms with Crippen LogP contribution in [0.25, 0.3) is 16.9 Å². The highest BCUT2D eigenvalue weighted by Gasteiger charge is 2.13. The number of carbonyl (C=O) groups excluding carboxylic acids is 2. The highest BCUT2D eigenvalue weighted by atomic mass is 16.5. The Hall–Kier alpha value is -4.48.